The first-order chi connectivity index (χ1) is 12.2. The van der Waals surface area contributed by atoms with E-state index in [2.05, 4.69) is 27.9 Å². The quantitative estimate of drug-likeness (QED) is 0.872. The van der Waals surface area contributed by atoms with Gasteiger partial charge in [0.1, 0.15) is 5.82 Å². The van der Waals surface area contributed by atoms with E-state index in [1.165, 1.54) is 62.3 Å². The second kappa shape index (κ2) is 7.38. The predicted molar refractivity (Wildman–Crippen MR) is 104 cm³/mol. The number of anilines is 1. The molecule has 0 radical (unpaired) electrons. The van der Waals surface area contributed by atoms with Crippen molar-refractivity contribution in [1.29, 1.82) is 0 Å². The Morgan fingerprint density at radius 2 is 1.96 bits per heavy atom. The monoisotopic (exact) mass is 358 g/mol. The molecule has 0 bridgehead atoms. The summed E-state index contributed by atoms with van der Waals surface area (Å²) in [6, 6.07) is 6.08. The van der Waals surface area contributed by atoms with Crippen molar-refractivity contribution in [2.75, 3.05) is 25.0 Å². The zero-order valence-corrected chi connectivity index (χ0v) is 15.8. The number of likely N-dealkylation sites (tertiary alicyclic amines) is 1. The van der Waals surface area contributed by atoms with Gasteiger partial charge in [0.2, 0.25) is 0 Å². The Balaban J connectivity index is 1.75. The van der Waals surface area contributed by atoms with Gasteiger partial charge in [-0.3, -0.25) is 4.90 Å². The maximum Gasteiger partial charge on any atom is 0.133 e. The number of nitrogens with zero attached hydrogens (tertiary/aromatic N) is 3. The van der Waals surface area contributed by atoms with E-state index in [1.807, 2.05) is 12.1 Å². The van der Waals surface area contributed by atoms with Gasteiger partial charge in [-0.15, -0.1) is 0 Å². The second-order valence-electron chi connectivity index (χ2n) is 7.29. The first-order valence-corrected chi connectivity index (χ1v) is 9.94. The van der Waals surface area contributed by atoms with Crippen molar-refractivity contribution in [2.24, 2.45) is 0 Å². The summed E-state index contributed by atoms with van der Waals surface area (Å²) in [5, 5.41) is 9.49. The molecule has 1 N–H and O–H groups in total. The summed E-state index contributed by atoms with van der Waals surface area (Å²) in [4.78, 5) is 2.56. The molecule has 1 aromatic heterocycles. The Kier molecular flexibility index (Phi) is 5.00. The zero-order valence-electron chi connectivity index (χ0n) is 15.0. The number of hydrogen-bond donors (Lipinski definition) is 1. The van der Waals surface area contributed by atoms with Gasteiger partial charge in [0.15, 0.2) is 0 Å². The average Bonchev–Trinajstić information content (AvgIpc) is 2.81. The fraction of sp³-hybridized carbons (Fsp3) is 0.550. The lowest BCUT2D eigenvalue weighted by atomic mass is 10.1. The van der Waals surface area contributed by atoms with E-state index in [0.717, 1.165) is 35.8 Å². The molecule has 1 saturated heterocycles. The summed E-state index contributed by atoms with van der Waals surface area (Å²) in [6.07, 6.45) is 7.56. The average molecular weight is 359 g/mol. The topological polar surface area (TPSA) is 33.1 Å². The van der Waals surface area contributed by atoms with Gasteiger partial charge in [0, 0.05) is 23.7 Å². The number of rotatable bonds is 3. The summed E-state index contributed by atoms with van der Waals surface area (Å²) in [5.74, 6) is 1.18. The standard InChI is InChI=1S/C20H27ClN4/c1-15-17(21)9-7-10-19(15)25-20-16(8-3-4-11-22-20)18(23-25)14-24-12-5-2-6-13-24/h7,9-10,22H,2-6,8,11-14H2,1H3. The van der Waals surface area contributed by atoms with Gasteiger partial charge in [0.25, 0.3) is 0 Å². The van der Waals surface area contributed by atoms with Crippen LogP contribution in [0.5, 0.6) is 0 Å². The molecule has 2 aliphatic rings. The van der Waals surface area contributed by atoms with Crippen LogP contribution in [-0.2, 0) is 13.0 Å². The number of fused-ring (bicyclic) bond motifs is 1. The molecule has 3 heterocycles. The second-order valence-corrected chi connectivity index (χ2v) is 7.70. The lowest BCUT2D eigenvalue weighted by molar-refractivity contribution is 0.217. The third-order valence-electron chi connectivity index (χ3n) is 5.50. The van der Waals surface area contributed by atoms with E-state index in [0.29, 0.717) is 0 Å². The molecule has 0 amide bonds. The highest BCUT2D eigenvalue weighted by Crippen LogP contribution is 2.31. The minimum Gasteiger partial charge on any atom is -0.370 e. The molecule has 0 aliphatic carbocycles. The van der Waals surface area contributed by atoms with Gasteiger partial charge in [-0.05, 0) is 69.8 Å². The lowest BCUT2D eigenvalue weighted by Crippen LogP contribution is -2.29. The number of aromatic nitrogens is 2. The zero-order chi connectivity index (χ0) is 17.2. The van der Waals surface area contributed by atoms with Crippen molar-refractivity contribution in [3.8, 4) is 5.69 Å². The third kappa shape index (κ3) is 3.42. The molecule has 0 saturated carbocycles. The highest BCUT2D eigenvalue weighted by atomic mass is 35.5. The largest absolute Gasteiger partial charge is 0.370 e. The van der Waals surface area contributed by atoms with E-state index in [9.17, 15) is 0 Å². The van der Waals surface area contributed by atoms with Crippen LogP contribution >= 0.6 is 11.6 Å². The van der Waals surface area contributed by atoms with Crippen LogP contribution in [0.25, 0.3) is 5.69 Å². The maximum atomic E-state index is 6.37. The number of hydrogen-bond acceptors (Lipinski definition) is 3. The Hall–Kier alpha value is -1.52. The van der Waals surface area contributed by atoms with Crippen LogP contribution in [0.2, 0.25) is 5.02 Å². The van der Waals surface area contributed by atoms with Gasteiger partial charge >= 0.3 is 0 Å². The number of nitrogens with one attached hydrogen (secondary N) is 1. The number of benzene rings is 1. The molecule has 1 fully saturated rings. The highest BCUT2D eigenvalue weighted by molar-refractivity contribution is 6.31. The van der Waals surface area contributed by atoms with E-state index >= 15 is 0 Å². The first-order valence-electron chi connectivity index (χ1n) is 9.56. The molecular weight excluding hydrogens is 332 g/mol. The Labute approximate surface area is 155 Å². The smallest absolute Gasteiger partial charge is 0.133 e. The van der Waals surface area contributed by atoms with Gasteiger partial charge in [-0.2, -0.15) is 5.10 Å². The van der Waals surface area contributed by atoms with Crippen LogP contribution in [0, 0.1) is 6.92 Å². The number of piperidine rings is 1. The maximum absolute atomic E-state index is 6.37. The lowest BCUT2D eigenvalue weighted by Gasteiger charge is -2.25. The van der Waals surface area contributed by atoms with Crippen LogP contribution in [0.15, 0.2) is 18.2 Å². The van der Waals surface area contributed by atoms with Crippen LogP contribution in [0.1, 0.15) is 48.9 Å². The predicted octanol–water partition coefficient (Wildman–Crippen LogP) is 4.57. The summed E-state index contributed by atoms with van der Waals surface area (Å²) >= 11 is 6.37. The Bertz CT molecular complexity index is 746. The van der Waals surface area contributed by atoms with Gasteiger partial charge in [-0.1, -0.05) is 24.1 Å². The molecule has 0 unspecified atom stereocenters. The Morgan fingerprint density at radius 1 is 1.12 bits per heavy atom. The van der Waals surface area contributed by atoms with Crippen molar-refractivity contribution in [3.05, 3.63) is 40.0 Å². The molecule has 4 rings (SSSR count). The fourth-order valence-corrected chi connectivity index (χ4v) is 4.20. The fourth-order valence-electron chi connectivity index (χ4n) is 4.03. The molecular formula is C20H27ClN4. The van der Waals surface area contributed by atoms with Crippen LogP contribution in [-0.4, -0.2) is 34.3 Å². The van der Waals surface area contributed by atoms with E-state index in [4.69, 9.17) is 16.7 Å². The highest BCUT2D eigenvalue weighted by Gasteiger charge is 2.23. The minimum absolute atomic E-state index is 0.799. The molecule has 0 atom stereocenters. The van der Waals surface area contributed by atoms with E-state index in [1.54, 1.807) is 0 Å². The SMILES string of the molecule is Cc1c(Cl)cccc1-n1nc(CN2CCCCC2)c2c1NCCCC2. The molecule has 0 spiro atoms. The van der Waals surface area contributed by atoms with Crippen molar-refractivity contribution in [3.63, 3.8) is 0 Å². The van der Waals surface area contributed by atoms with E-state index < -0.39 is 0 Å². The van der Waals surface area contributed by atoms with Crippen LogP contribution in [0.4, 0.5) is 5.82 Å². The van der Waals surface area contributed by atoms with Crippen molar-refractivity contribution < 1.29 is 0 Å². The van der Waals surface area contributed by atoms with Crippen molar-refractivity contribution >= 4 is 17.4 Å². The summed E-state index contributed by atoms with van der Waals surface area (Å²) in [6.45, 7) is 6.46. The minimum atomic E-state index is 0.799. The molecule has 5 heteroatoms. The molecule has 4 nitrogen and oxygen atoms in total. The van der Waals surface area contributed by atoms with Crippen molar-refractivity contribution in [1.82, 2.24) is 14.7 Å². The van der Waals surface area contributed by atoms with Gasteiger partial charge in [0.05, 0.1) is 11.4 Å². The summed E-state index contributed by atoms with van der Waals surface area (Å²) < 4.78 is 2.10. The summed E-state index contributed by atoms with van der Waals surface area (Å²) in [5.41, 5.74) is 4.82. The van der Waals surface area contributed by atoms with E-state index in [-0.39, 0.29) is 0 Å². The Morgan fingerprint density at radius 3 is 2.80 bits per heavy atom. The van der Waals surface area contributed by atoms with Gasteiger partial charge < -0.3 is 5.32 Å². The van der Waals surface area contributed by atoms with Crippen LogP contribution < -0.4 is 5.32 Å². The summed E-state index contributed by atoms with van der Waals surface area (Å²) in [7, 11) is 0. The van der Waals surface area contributed by atoms with Gasteiger partial charge in [-0.25, -0.2) is 4.68 Å². The number of halogens is 1. The van der Waals surface area contributed by atoms with Crippen molar-refractivity contribution in [2.45, 2.75) is 52.0 Å². The third-order valence-corrected chi connectivity index (χ3v) is 5.91. The molecule has 1 aromatic carbocycles. The molecule has 25 heavy (non-hydrogen) atoms. The molecule has 2 aromatic rings. The normalized spacial score (nSPS) is 18.5. The first kappa shape index (κ1) is 16.9. The molecule has 2 aliphatic heterocycles. The van der Waals surface area contributed by atoms with Crippen LogP contribution in [0.3, 0.4) is 0 Å². The molecule has 134 valence electrons.